The first-order chi connectivity index (χ1) is 15.3. The standard InChI is InChI=1S/C25H30N4O3/c1-25(2,3)32-23(30)13-14-26-15-18-5-9-21(10-6-18)29-24-27-16-20(17-28-24)19-7-11-22(31-4)12-8-19/h5-12,16-17,26H,13-15H2,1-4H3,(H,27,28,29). The van der Waals surface area contributed by atoms with Gasteiger partial charge in [0.2, 0.25) is 5.95 Å². The summed E-state index contributed by atoms with van der Waals surface area (Å²) in [4.78, 5) is 20.5. The first-order valence-electron chi connectivity index (χ1n) is 10.6. The molecule has 2 aromatic carbocycles. The minimum Gasteiger partial charge on any atom is -0.497 e. The highest BCUT2D eigenvalue weighted by Crippen LogP contribution is 2.22. The number of ether oxygens (including phenoxy) is 2. The van der Waals surface area contributed by atoms with Crippen LogP contribution in [0.5, 0.6) is 5.75 Å². The molecule has 0 aliphatic rings. The van der Waals surface area contributed by atoms with E-state index in [-0.39, 0.29) is 5.97 Å². The molecule has 0 aliphatic carbocycles. The summed E-state index contributed by atoms with van der Waals surface area (Å²) in [7, 11) is 1.65. The second-order valence-electron chi connectivity index (χ2n) is 8.36. The van der Waals surface area contributed by atoms with Crippen LogP contribution in [0.4, 0.5) is 11.6 Å². The highest BCUT2D eigenvalue weighted by Gasteiger charge is 2.15. The fourth-order valence-electron chi connectivity index (χ4n) is 2.98. The average Bonchev–Trinajstić information content (AvgIpc) is 2.77. The quantitative estimate of drug-likeness (QED) is 0.372. The fourth-order valence-corrected chi connectivity index (χ4v) is 2.98. The van der Waals surface area contributed by atoms with Gasteiger partial charge < -0.3 is 20.1 Å². The SMILES string of the molecule is COc1ccc(-c2cnc(Nc3ccc(CNCCC(=O)OC(C)(C)C)cc3)nc2)cc1. The van der Waals surface area contributed by atoms with E-state index in [1.54, 1.807) is 19.5 Å². The summed E-state index contributed by atoms with van der Waals surface area (Å²) in [6, 6.07) is 15.8. The molecule has 0 spiro atoms. The Morgan fingerprint density at radius 3 is 2.19 bits per heavy atom. The van der Waals surface area contributed by atoms with Gasteiger partial charge in [0.05, 0.1) is 13.5 Å². The Morgan fingerprint density at radius 1 is 0.938 bits per heavy atom. The summed E-state index contributed by atoms with van der Waals surface area (Å²) in [5.74, 6) is 1.16. The first-order valence-corrected chi connectivity index (χ1v) is 10.6. The second kappa shape index (κ2) is 10.7. The van der Waals surface area contributed by atoms with E-state index < -0.39 is 5.60 Å². The van der Waals surface area contributed by atoms with E-state index >= 15 is 0 Å². The van der Waals surface area contributed by atoms with Crippen LogP contribution in [0.1, 0.15) is 32.8 Å². The van der Waals surface area contributed by atoms with Crippen LogP contribution in [-0.2, 0) is 16.1 Å². The van der Waals surface area contributed by atoms with Gasteiger partial charge in [0.15, 0.2) is 0 Å². The van der Waals surface area contributed by atoms with Crippen LogP contribution in [-0.4, -0.2) is 35.2 Å². The Bertz CT molecular complexity index is 995. The van der Waals surface area contributed by atoms with Gasteiger partial charge in [0.25, 0.3) is 0 Å². The Labute approximate surface area is 189 Å². The molecule has 0 bridgehead atoms. The third-order valence-electron chi connectivity index (χ3n) is 4.54. The summed E-state index contributed by atoms with van der Waals surface area (Å²) in [5.41, 5.74) is 3.54. The molecule has 0 atom stereocenters. The maximum atomic E-state index is 11.7. The molecule has 32 heavy (non-hydrogen) atoms. The van der Waals surface area contributed by atoms with Crippen molar-refractivity contribution in [2.45, 2.75) is 39.3 Å². The number of carbonyl (C=O) groups is 1. The monoisotopic (exact) mass is 434 g/mol. The Balaban J connectivity index is 1.46. The van der Waals surface area contributed by atoms with Gasteiger partial charge in [-0.05, 0) is 56.2 Å². The number of benzene rings is 2. The van der Waals surface area contributed by atoms with E-state index in [0.29, 0.717) is 25.5 Å². The molecule has 1 heterocycles. The van der Waals surface area contributed by atoms with E-state index in [1.807, 2.05) is 69.3 Å². The van der Waals surface area contributed by atoms with Gasteiger partial charge in [-0.3, -0.25) is 4.79 Å². The average molecular weight is 435 g/mol. The molecule has 0 aliphatic heterocycles. The fraction of sp³-hybridized carbons (Fsp3) is 0.320. The molecular formula is C25H30N4O3. The number of nitrogens with one attached hydrogen (secondary N) is 2. The van der Waals surface area contributed by atoms with Gasteiger partial charge in [-0.25, -0.2) is 9.97 Å². The molecule has 0 fully saturated rings. The zero-order chi connectivity index (χ0) is 23.0. The maximum Gasteiger partial charge on any atom is 0.307 e. The summed E-state index contributed by atoms with van der Waals surface area (Å²) >= 11 is 0. The summed E-state index contributed by atoms with van der Waals surface area (Å²) in [6.45, 7) is 6.86. The van der Waals surface area contributed by atoms with Crippen LogP contribution in [0, 0.1) is 0 Å². The van der Waals surface area contributed by atoms with Gasteiger partial charge in [-0.2, -0.15) is 0 Å². The van der Waals surface area contributed by atoms with Crippen LogP contribution in [0.15, 0.2) is 60.9 Å². The lowest BCUT2D eigenvalue weighted by Gasteiger charge is -2.19. The third-order valence-corrected chi connectivity index (χ3v) is 4.54. The number of esters is 1. The van der Waals surface area contributed by atoms with Crippen LogP contribution in [0.3, 0.4) is 0 Å². The van der Waals surface area contributed by atoms with Crippen molar-refractivity contribution in [3.05, 3.63) is 66.5 Å². The predicted molar refractivity (Wildman–Crippen MR) is 126 cm³/mol. The number of methoxy groups -OCH3 is 1. The van der Waals surface area contributed by atoms with Crippen molar-refractivity contribution in [2.24, 2.45) is 0 Å². The van der Waals surface area contributed by atoms with Crippen molar-refractivity contribution in [1.29, 1.82) is 0 Å². The van der Waals surface area contributed by atoms with Crippen molar-refractivity contribution >= 4 is 17.6 Å². The maximum absolute atomic E-state index is 11.7. The highest BCUT2D eigenvalue weighted by molar-refractivity contribution is 5.70. The largest absolute Gasteiger partial charge is 0.497 e. The zero-order valence-electron chi connectivity index (χ0n) is 19.0. The Hall–Kier alpha value is -3.45. The van der Waals surface area contributed by atoms with Crippen LogP contribution < -0.4 is 15.4 Å². The number of hydrogen-bond donors (Lipinski definition) is 2. The number of carbonyl (C=O) groups excluding carboxylic acids is 1. The molecule has 7 heteroatoms. The zero-order valence-corrected chi connectivity index (χ0v) is 19.0. The Kier molecular flexibility index (Phi) is 7.78. The molecule has 3 rings (SSSR count). The lowest BCUT2D eigenvalue weighted by Crippen LogP contribution is -2.26. The summed E-state index contributed by atoms with van der Waals surface area (Å²) in [5, 5.41) is 6.47. The molecule has 7 nitrogen and oxygen atoms in total. The Morgan fingerprint density at radius 2 is 1.59 bits per heavy atom. The third kappa shape index (κ3) is 7.35. The lowest BCUT2D eigenvalue weighted by atomic mass is 10.1. The lowest BCUT2D eigenvalue weighted by molar-refractivity contribution is -0.154. The summed E-state index contributed by atoms with van der Waals surface area (Å²) < 4.78 is 10.5. The number of rotatable bonds is 9. The van der Waals surface area contributed by atoms with Crippen molar-refractivity contribution in [3.8, 4) is 16.9 Å². The molecule has 0 amide bonds. The molecule has 0 saturated heterocycles. The van der Waals surface area contributed by atoms with Crippen molar-refractivity contribution < 1.29 is 14.3 Å². The number of anilines is 2. The molecule has 0 saturated carbocycles. The minimum absolute atomic E-state index is 0.192. The topological polar surface area (TPSA) is 85.4 Å². The predicted octanol–water partition coefficient (Wildman–Crippen LogP) is 4.72. The van der Waals surface area contributed by atoms with Crippen molar-refractivity contribution in [2.75, 3.05) is 19.0 Å². The van der Waals surface area contributed by atoms with Gasteiger partial charge in [0, 0.05) is 36.7 Å². The minimum atomic E-state index is -0.445. The second-order valence-corrected chi connectivity index (χ2v) is 8.36. The van der Waals surface area contributed by atoms with E-state index in [0.717, 1.165) is 28.1 Å². The molecule has 2 N–H and O–H groups in total. The molecule has 0 unspecified atom stereocenters. The van der Waals surface area contributed by atoms with E-state index in [2.05, 4.69) is 20.6 Å². The molecule has 168 valence electrons. The van der Waals surface area contributed by atoms with E-state index in [1.165, 1.54) is 0 Å². The van der Waals surface area contributed by atoms with Crippen LogP contribution in [0.25, 0.3) is 11.1 Å². The molecule has 1 aromatic heterocycles. The first kappa shape index (κ1) is 23.2. The number of hydrogen-bond acceptors (Lipinski definition) is 7. The van der Waals surface area contributed by atoms with Gasteiger partial charge in [0.1, 0.15) is 11.4 Å². The van der Waals surface area contributed by atoms with Gasteiger partial charge >= 0.3 is 5.97 Å². The van der Waals surface area contributed by atoms with E-state index in [9.17, 15) is 4.79 Å². The normalized spacial score (nSPS) is 11.1. The number of aromatic nitrogens is 2. The van der Waals surface area contributed by atoms with E-state index in [4.69, 9.17) is 9.47 Å². The molecule has 3 aromatic rings. The van der Waals surface area contributed by atoms with Crippen LogP contribution in [0.2, 0.25) is 0 Å². The highest BCUT2D eigenvalue weighted by atomic mass is 16.6. The molecule has 0 radical (unpaired) electrons. The summed E-state index contributed by atoms with van der Waals surface area (Å²) in [6.07, 6.45) is 3.93. The van der Waals surface area contributed by atoms with Gasteiger partial charge in [-0.1, -0.05) is 24.3 Å². The van der Waals surface area contributed by atoms with Crippen molar-refractivity contribution in [1.82, 2.24) is 15.3 Å². The van der Waals surface area contributed by atoms with Crippen LogP contribution >= 0.6 is 0 Å². The van der Waals surface area contributed by atoms with Gasteiger partial charge in [-0.15, -0.1) is 0 Å². The van der Waals surface area contributed by atoms with Crippen molar-refractivity contribution in [3.63, 3.8) is 0 Å². The smallest absolute Gasteiger partial charge is 0.307 e. The number of nitrogens with zero attached hydrogens (tertiary/aromatic N) is 2. The molecular weight excluding hydrogens is 404 g/mol.